The van der Waals surface area contributed by atoms with Crippen LogP contribution in [0.25, 0.3) is 0 Å². The Bertz CT molecular complexity index is 656. The number of nitrogens with one attached hydrogen (secondary N) is 4. The molecule has 5 heterocycles. The molecule has 0 aromatic rings. The monoisotopic (exact) mass is 455 g/mol. The van der Waals surface area contributed by atoms with Crippen LogP contribution in [0.2, 0.25) is 0 Å². The Balaban J connectivity index is 1.23. The van der Waals surface area contributed by atoms with Gasteiger partial charge in [0.2, 0.25) is 5.91 Å². The Morgan fingerprint density at radius 3 is 2.77 bits per heavy atom. The molecule has 31 heavy (non-hydrogen) atoms. The third-order valence-electron chi connectivity index (χ3n) is 7.79. The predicted molar refractivity (Wildman–Crippen MR) is 120 cm³/mol. The summed E-state index contributed by atoms with van der Waals surface area (Å²) in [5.41, 5.74) is 9.55. The molecule has 7 unspecified atom stereocenters. The maximum Gasteiger partial charge on any atom is 0.229 e. The molecule has 5 fully saturated rings. The zero-order valence-electron chi connectivity index (χ0n) is 18.5. The molecule has 176 valence electrons. The molecule has 0 bridgehead atoms. The standard InChI is InChI=1S/C20H38ClN9O/c1-27-4-5-28-6-7-29(12-14(28)11-27)16-2-3-23-9-15(16)25-20(31)17-18(22)26-30-10-13(21)8-24-19(17)30/h13-19,23-24,26H,2-12,22H2,1H3,(H,25,31). The maximum atomic E-state index is 13.4. The van der Waals surface area contributed by atoms with Gasteiger partial charge >= 0.3 is 0 Å². The molecule has 6 N–H and O–H groups in total. The molecule has 1 amide bonds. The first-order valence-corrected chi connectivity index (χ1v) is 12.3. The molecule has 10 nitrogen and oxygen atoms in total. The van der Waals surface area contributed by atoms with Gasteiger partial charge in [0, 0.05) is 71.0 Å². The van der Waals surface area contributed by atoms with E-state index in [2.05, 4.69) is 43.1 Å². The second-order valence-corrected chi connectivity index (χ2v) is 10.5. The highest BCUT2D eigenvalue weighted by Crippen LogP contribution is 2.24. The van der Waals surface area contributed by atoms with E-state index in [1.165, 1.54) is 6.54 Å². The molecule has 0 spiro atoms. The van der Waals surface area contributed by atoms with Gasteiger partial charge in [0.1, 0.15) is 0 Å². The predicted octanol–water partition coefficient (Wildman–Crippen LogP) is -2.98. The van der Waals surface area contributed by atoms with Gasteiger partial charge in [-0.3, -0.25) is 19.9 Å². The Kier molecular flexibility index (Phi) is 6.72. The van der Waals surface area contributed by atoms with E-state index in [9.17, 15) is 4.79 Å². The van der Waals surface area contributed by atoms with Crippen LogP contribution in [0.1, 0.15) is 6.42 Å². The molecule has 0 aromatic carbocycles. The lowest BCUT2D eigenvalue weighted by Crippen LogP contribution is -2.68. The largest absolute Gasteiger partial charge is 0.350 e. The zero-order chi connectivity index (χ0) is 21.5. The van der Waals surface area contributed by atoms with Gasteiger partial charge in [0.25, 0.3) is 0 Å². The normalized spacial score (nSPS) is 43.4. The van der Waals surface area contributed by atoms with Gasteiger partial charge in [0.15, 0.2) is 0 Å². The number of hydrazine groups is 1. The van der Waals surface area contributed by atoms with Gasteiger partial charge in [-0.15, -0.1) is 11.6 Å². The number of alkyl halides is 1. The summed E-state index contributed by atoms with van der Waals surface area (Å²) in [5.74, 6) is -0.307. The van der Waals surface area contributed by atoms with Gasteiger partial charge in [0.05, 0.1) is 29.7 Å². The van der Waals surface area contributed by atoms with Crippen LogP contribution in [-0.4, -0.2) is 134 Å². The van der Waals surface area contributed by atoms with E-state index in [1.54, 1.807) is 0 Å². The Morgan fingerprint density at radius 1 is 1.10 bits per heavy atom. The fourth-order valence-corrected chi connectivity index (χ4v) is 6.36. The lowest BCUT2D eigenvalue weighted by molar-refractivity contribution is -0.128. The van der Waals surface area contributed by atoms with Gasteiger partial charge < -0.3 is 21.3 Å². The molecule has 11 heteroatoms. The van der Waals surface area contributed by atoms with Crippen LogP contribution in [0.5, 0.6) is 0 Å². The van der Waals surface area contributed by atoms with Gasteiger partial charge in [-0.25, -0.2) is 10.4 Å². The van der Waals surface area contributed by atoms with E-state index in [0.29, 0.717) is 25.2 Å². The Hall–Kier alpha value is -0.560. The van der Waals surface area contributed by atoms with E-state index < -0.39 is 6.17 Å². The number of piperazine rings is 2. The molecule has 5 rings (SSSR count). The third-order valence-corrected chi connectivity index (χ3v) is 8.09. The van der Waals surface area contributed by atoms with Crippen LogP contribution in [0.15, 0.2) is 0 Å². The van der Waals surface area contributed by atoms with Crippen LogP contribution in [0.4, 0.5) is 0 Å². The third kappa shape index (κ3) is 4.60. The zero-order valence-corrected chi connectivity index (χ0v) is 19.2. The van der Waals surface area contributed by atoms with E-state index in [0.717, 1.165) is 52.2 Å². The number of carbonyl (C=O) groups is 1. The number of piperidine rings is 1. The van der Waals surface area contributed by atoms with Crippen molar-refractivity contribution in [2.75, 3.05) is 72.5 Å². The summed E-state index contributed by atoms with van der Waals surface area (Å²) >= 11 is 6.27. The number of amides is 1. The molecule has 5 aliphatic heterocycles. The molecular formula is C20H38ClN9O. The number of nitrogens with zero attached hydrogens (tertiary/aromatic N) is 4. The summed E-state index contributed by atoms with van der Waals surface area (Å²) in [4.78, 5) is 21.1. The van der Waals surface area contributed by atoms with Crippen molar-refractivity contribution in [2.45, 2.75) is 42.3 Å². The minimum atomic E-state index is -0.407. The lowest BCUT2D eigenvalue weighted by Gasteiger charge is -2.50. The van der Waals surface area contributed by atoms with Crippen molar-refractivity contribution in [1.29, 1.82) is 0 Å². The van der Waals surface area contributed by atoms with Crippen LogP contribution < -0.4 is 27.1 Å². The molecule has 5 saturated heterocycles. The number of rotatable bonds is 3. The van der Waals surface area contributed by atoms with Crippen molar-refractivity contribution in [2.24, 2.45) is 11.7 Å². The van der Waals surface area contributed by atoms with Gasteiger partial charge in [-0.2, -0.15) is 0 Å². The molecule has 0 aromatic heterocycles. The minimum absolute atomic E-state index is 0.0159. The van der Waals surface area contributed by atoms with E-state index >= 15 is 0 Å². The smallest absolute Gasteiger partial charge is 0.229 e. The summed E-state index contributed by atoms with van der Waals surface area (Å²) < 4.78 is 0. The second-order valence-electron chi connectivity index (χ2n) is 9.91. The van der Waals surface area contributed by atoms with Crippen LogP contribution >= 0.6 is 11.6 Å². The van der Waals surface area contributed by atoms with Gasteiger partial charge in [-0.05, 0) is 20.0 Å². The second kappa shape index (κ2) is 9.36. The van der Waals surface area contributed by atoms with Crippen molar-refractivity contribution in [3.05, 3.63) is 0 Å². The van der Waals surface area contributed by atoms with Crippen LogP contribution in [-0.2, 0) is 4.79 Å². The average molecular weight is 456 g/mol. The highest BCUT2D eigenvalue weighted by Gasteiger charge is 2.47. The fourth-order valence-electron chi connectivity index (χ4n) is 6.12. The van der Waals surface area contributed by atoms with Crippen LogP contribution in [0.3, 0.4) is 0 Å². The van der Waals surface area contributed by atoms with Crippen molar-refractivity contribution < 1.29 is 4.79 Å². The fraction of sp³-hybridized carbons (Fsp3) is 0.950. The molecule has 0 aliphatic carbocycles. The van der Waals surface area contributed by atoms with E-state index in [1.807, 2.05) is 5.01 Å². The van der Waals surface area contributed by atoms with Gasteiger partial charge in [-0.1, -0.05) is 0 Å². The summed E-state index contributed by atoms with van der Waals surface area (Å²) in [7, 11) is 2.22. The van der Waals surface area contributed by atoms with Crippen LogP contribution in [0, 0.1) is 5.92 Å². The Labute approximate surface area is 190 Å². The first-order valence-electron chi connectivity index (χ1n) is 11.8. The summed E-state index contributed by atoms with van der Waals surface area (Å²) in [6.45, 7) is 9.93. The SMILES string of the molecule is CN1CCN2CCN(C3CCNCC3NC(=O)C3C(N)NN4CC(Cl)CNC34)CC2C1. The number of hydrogen-bond donors (Lipinski definition) is 5. The van der Waals surface area contributed by atoms with E-state index in [4.69, 9.17) is 17.3 Å². The number of likely N-dealkylation sites (N-methyl/N-ethyl adjacent to an activating group) is 1. The number of hydrogen-bond acceptors (Lipinski definition) is 9. The summed E-state index contributed by atoms with van der Waals surface area (Å²) in [6, 6.07) is 1.06. The molecular weight excluding hydrogens is 418 g/mol. The first-order chi connectivity index (χ1) is 15.0. The quantitative estimate of drug-likeness (QED) is 0.285. The molecule has 0 radical (unpaired) electrons. The first kappa shape index (κ1) is 22.2. The highest BCUT2D eigenvalue weighted by atomic mass is 35.5. The summed E-state index contributed by atoms with van der Waals surface area (Å²) in [5, 5.41) is 12.3. The topological polar surface area (TPSA) is 104 Å². The molecule has 7 atom stereocenters. The molecule has 5 aliphatic rings. The maximum absolute atomic E-state index is 13.4. The van der Waals surface area contributed by atoms with Crippen molar-refractivity contribution in [3.8, 4) is 0 Å². The average Bonchev–Trinajstić information content (AvgIpc) is 3.08. The van der Waals surface area contributed by atoms with E-state index in [-0.39, 0.29) is 29.4 Å². The van der Waals surface area contributed by atoms with Crippen molar-refractivity contribution in [3.63, 3.8) is 0 Å². The number of nitrogens with two attached hydrogens (primary N) is 1. The molecule has 0 saturated carbocycles. The minimum Gasteiger partial charge on any atom is -0.350 e. The Morgan fingerprint density at radius 2 is 1.90 bits per heavy atom. The number of fused-ring (bicyclic) bond motifs is 2. The number of halogens is 1. The van der Waals surface area contributed by atoms with Crippen molar-refractivity contribution in [1.82, 2.24) is 41.1 Å². The highest BCUT2D eigenvalue weighted by molar-refractivity contribution is 6.21. The summed E-state index contributed by atoms with van der Waals surface area (Å²) in [6.07, 6.45) is 0.543. The lowest BCUT2D eigenvalue weighted by atomic mass is 9.94. The van der Waals surface area contributed by atoms with Crippen molar-refractivity contribution >= 4 is 17.5 Å². The number of carbonyl (C=O) groups excluding carboxylic acids is 1.